The third-order valence-electron chi connectivity index (χ3n) is 3.08. The van der Waals surface area contributed by atoms with Gasteiger partial charge in [-0.3, -0.25) is 9.59 Å². The molecule has 1 aromatic carbocycles. The minimum absolute atomic E-state index is 0.0139. The molecule has 22 heavy (non-hydrogen) atoms. The summed E-state index contributed by atoms with van der Waals surface area (Å²) in [5.74, 6) is -0.564. The zero-order valence-electron chi connectivity index (χ0n) is 11.7. The number of aromatic nitrogens is 1. The lowest BCUT2D eigenvalue weighted by molar-refractivity contribution is 0.0915. The summed E-state index contributed by atoms with van der Waals surface area (Å²) < 4.78 is 0. The number of pyridine rings is 1. The molecule has 1 aromatic heterocycles. The number of aryl methyl sites for hydroxylation is 1. The van der Waals surface area contributed by atoms with Crippen molar-refractivity contribution in [2.45, 2.75) is 13.0 Å². The number of carbonyl (C=O) groups is 1. The van der Waals surface area contributed by atoms with E-state index in [-0.39, 0.29) is 17.5 Å². The molecule has 0 radical (unpaired) electrons. The maximum atomic E-state index is 12.0. The Balaban J connectivity index is 2.05. The summed E-state index contributed by atoms with van der Waals surface area (Å²) in [6.07, 6.45) is 0.340. The lowest BCUT2D eigenvalue weighted by Gasteiger charge is -2.14. The van der Waals surface area contributed by atoms with Crippen molar-refractivity contribution in [1.82, 2.24) is 10.3 Å². The quantitative estimate of drug-likeness (QED) is 0.799. The Labute approximate surface area is 136 Å². The molecule has 0 spiro atoms. The van der Waals surface area contributed by atoms with Crippen molar-refractivity contribution in [3.05, 3.63) is 67.6 Å². The van der Waals surface area contributed by atoms with Crippen LogP contribution in [0.5, 0.6) is 0 Å². The summed E-state index contributed by atoms with van der Waals surface area (Å²) in [5.41, 5.74) is 0.714. The van der Waals surface area contributed by atoms with Crippen LogP contribution in [0.2, 0.25) is 10.0 Å². The van der Waals surface area contributed by atoms with Crippen LogP contribution in [0.4, 0.5) is 0 Å². The number of hydrogen-bond acceptors (Lipinski definition) is 3. The Hall–Kier alpha value is -1.82. The Morgan fingerprint density at radius 3 is 2.73 bits per heavy atom. The number of nitrogens with one attached hydrogen (secondary N) is 2. The van der Waals surface area contributed by atoms with Gasteiger partial charge < -0.3 is 15.4 Å². The Bertz CT molecular complexity index is 759. The number of halogens is 2. The lowest BCUT2D eigenvalue weighted by Crippen LogP contribution is -2.32. The highest BCUT2D eigenvalue weighted by Crippen LogP contribution is 2.25. The molecule has 7 heteroatoms. The van der Waals surface area contributed by atoms with Gasteiger partial charge in [0, 0.05) is 40.1 Å². The molecule has 3 N–H and O–H groups in total. The average Bonchev–Trinajstić information content (AvgIpc) is 2.44. The molecular formula is C15H14Cl2N2O3. The number of rotatable bonds is 4. The molecular weight excluding hydrogens is 327 g/mol. The second kappa shape index (κ2) is 6.96. The number of H-pyrrole nitrogens is 1. The predicted molar refractivity (Wildman–Crippen MR) is 85.6 cm³/mol. The van der Waals surface area contributed by atoms with Crippen molar-refractivity contribution in [2.24, 2.45) is 0 Å². The highest BCUT2D eigenvalue weighted by molar-refractivity contribution is 6.35. The first-order chi connectivity index (χ1) is 10.4. The zero-order chi connectivity index (χ0) is 16.3. The summed E-state index contributed by atoms with van der Waals surface area (Å²) in [7, 11) is 0. The maximum Gasteiger partial charge on any atom is 0.256 e. The van der Waals surface area contributed by atoms with Gasteiger partial charge in [0.25, 0.3) is 5.91 Å². The Kier molecular flexibility index (Phi) is 5.24. The molecule has 1 unspecified atom stereocenters. The third-order valence-corrected chi connectivity index (χ3v) is 3.64. The van der Waals surface area contributed by atoms with E-state index in [0.717, 1.165) is 0 Å². The summed E-state index contributed by atoms with van der Waals surface area (Å²) in [4.78, 5) is 26.5. The number of aliphatic hydroxyl groups is 1. The Morgan fingerprint density at radius 1 is 1.36 bits per heavy atom. The number of hydrogen-bond donors (Lipinski definition) is 3. The summed E-state index contributed by atoms with van der Waals surface area (Å²) >= 11 is 11.8. The monoisotopic (exact) mass is 340 g/mol. The molecule has 1 amide bonds. The topological polar surface area (TPSA) is 82.2 Å². The maximum absolute atomic E-state index is 12.0. The predicted octanol–water partition coefficient (Wildman–Crippen LogP) is 2.45. The van der Waals surface area contributed by atoms with Crippen molar-refractivity contribution < 1.29 is 9.90 Å². The van der Waals surface area contributed by atoms with E-state index in [1.807, 2.05) is 0 Å². The molecule has 0 aliphatic carbocycles. The lowest BCUT2D eigenvalue weighted by atomic mass is 10.1. The van der Waals surface area contributed by atoms with E-state index in [4.69, 9.17) is 23.2 Å². The highest BCUT2D eigenvalue weighted by atomic mass is 35.5. The molecule has 5 nitrogen and oxygen atoms in total. The van der Waals surface area contributed by atoms with Gasteiger partial charge in [-0.05, 0) is 19.1 Å². The second-order valence-electron chi connectivity index (χ2n) is 4.79. The molecule has 0 saturated carbocycles. The van der Waals surface area contributed by atoms with E-state index < -0.39 is 12.0 Å². The van der Waals surface area contributed by atoms with Gasteiger partial charge in [-0.2, -0.15) is 0 Å². The van der Waals surface area contributed by atoms with Crippen molar-refractivity contribution >= 4 is 29.1 Å². The Morgan fingerprint density at radius 2 is 2.09 bits per heavy atom. The molecule has 0 fully saturated rings. The molecule has 0 aliphatic heterocycles. The molecule has 0 aliphatic rings. The van der Waals surface area contributed by atoms with Gasteiger partial charge in [0.05, 0.1) is 6.10 Å². The molecule has 0 bridgehead atoms. The molecule has 1 atom stereocenters. The second-order valence-corrected chi connectivity index (χ2v) is 5.63. The van der Waals surface area contributed by atoms with Crippen LogP contribution in [-0.4, -0.2) is 22.5 Å². The van der Waals surface area contributed by atoms with Crippen LogP contribution < -0.4 is 10.7 Å². The van der Waals surface area contributed by atoms with E-state index in [1.165, 1.54) is 18.3 Å². The van der Waals surface area contributed by atoms with Crippen LogP contribution >= 0.6 is 23.2 Å². The third kappa shape index (κ3) is 3.88. The summed E-state index contributed by atoms with van der Waals surface area (Å²) in [6, 6.07) is 6.02. The van der Waals surface area contributed by atoms with Gasteiger partial charge >= 0.3 is 0 Å². The van der Waals surface area contributed by atoms with Crippen LogP contribution in [0.25, 0.3) is 0 Å². The first-order valence-electron chi connectivity index (χ1n) is 6.49. The van der Waals surface area contributed by atoms with Gasteiger partial charge in [-0.25, -0.2) is 0 Å². The number of amides is 1. The smallest absolute Gasteiger partial charge is 0.256 e. The standard InChI is InChI=1S/C15H14Cl2N2O3/c1-8-4-13(20)11(6-18-8)15(22)19-7-14(21)10-3-2-9(16)5-12(10)17/h2-6,14,21H,7H2,1H3,(H,18,20)(H,19,22). The van der Waals surface area contributed by atoms with Crippen LogP contribution in [0.1, 0.15) is 27.7 Å². The van der Waals surface area contributed by atoms with Gasteiger partial charge in [0.15, 0.2) is 5.43 Å². The van der Waals surface area contributed by atoms with Crippen molar-refractivity contribution in [2.75, 3.05) is 6.54 Å². The fraction of sp³-hybridized carbons (Fsp3) is 0.200. The SMILES string of the molecule is Cc1cc(=O)c(C(=O)NCC(O)c2ccc(Cl)cc2Cl)c[nH]1. The van der Waals surface area contributed by atoms with E-state index in [0.29, 0.717) is 21.3 Å². The van der Waals surface area contributed by atoms with Crippen LogP contribution in [-0.2, 0) is 0 Å². The molecule has 1 heterocycles. The number of aliphatic hydroxyl groups excluding tert-OH is 1. The average molecular weight is 341 g/mol. The number of carbonyl (C=O) groups excluding carboxylic acids is 1. The normalized spacial score (nSPS) is 12.0. The van der Waals surface area contributed by atoms with Crippen molar-refractivity contribution in [3.8, 4) is 0 Å². The number of benzene rings is 1. The fourth-order valence-corrected chi connectivity index (χ4v) is 2.45. The number of aromatic amines is 1. The molecule has 2 rings (SSSR count). The zero-order valence-corrected chi connectivity index (χ0v) is 13.2. The van der Waals surface area contributed by atoms with Crippen LogP contribution in [0.15, 0.2) is 35.3 Å². The van der Waals surface area contributed by atoms with Crippen molar-refractivity contribution in [1.29, 1.82) is 0 Å². The highest BCUT2D eigenvalue weighted by Gasteiger charge is 2.15. The first kappa shape index (κ1) is 16.5. The van der Waals surface area contributed by atoms with Gasteiger partial charge in [0.2, 0.25) is 0 Å². The van der Waals surface area contributed by atoms with E-state index in [1.54, 1.807) is 19.1 Å². The van der Waals surface area contributed by atoms with E-state index >= 15 is 0 Å². The molecule has 116 valence electrons. The van der Waals surface area contributed by atoms with E-state index in [9.17, 15) is 14.7 Å². The minimum atomic E-state index is -1.00. The van der Waals surface area contributed by atoms with Crippen LogP contribution in [0, 0.1) is 6.92 Å². The largest absolute Gasteiger partial charge is 0.387 e. The fourth-order valence-electron chi connectivity index (χ4n) is 1.92. The summed E-state index contributed by atoms with van der Waals surface area (Å²) in [6.45, 7) is 1.64. The van der Waals surface area contributed by atoms with Gasteiger partial charge in [0.1, 0.15) is 5.56 Å². The summed E-state index contributed by atoms with van der Waals surface area (Å²) in [5, 5.41) is 13.3. The molecule has 0 saturated heterocycles. The molecule has 2 aromatic rings. The first-order valence-corrected chi connectivity index (χ1v) is 7.24. The van der Waals surface area contributed by atoms with E-state index in [2.05, 4.69) is 10.3 Å². The van der Waals surface area contributed by atoms with Gasteiger partial charge in [-0.1, -0.05) is 29.3 Å². The van der Waals surface area contributed by atoms with Crippen molar-refractivity contribution in [3.63, 3.8) is 0 Å². The van der Waals surface area contributed by atoms with Crippen LogP contribution in [0.3, 0.4) is 0 Å². The van der Waals surface area contributed by atoms with Gasteiger partial charge in [-0.15, -0.1) is 0 Å². The minimum Gasteiger partial charge on any atom is -0.387 e.